The van der Waals surface area contributed by atoms with Crippen LogP contribution in [-0.2, 0) is 0 Å². The lowest BCUT2D eigenvalue weighted by molar-refractivity contribution is -0.140. The smallest absolute Gasteiger partial charge is 0.317 e. The highest BCUT2D eigenvalue weighted by Gasteiger charge is 2.30. The number of nitrogens with one attached hydrogen (secondary N) is 1. The molecule has 0 rings (SSSR count). The summed E-state index contributed by atoms with van der Waals surface area (Å²) in [5.74, 6) is 0.462. The minimum atomic E-state index is -4.05. The number of alkyl halides is 3. The molecule has 0 saturated heterocycles. The average Bonchev–Trinajstić information content (AvgIpc) is 1.95. The van der Waals surface area contributed by atoms with Gasteiger partial charge in [-0.1, -0.05) is 13.8 Å². The van der Waals surface area contributed by atoms with E-state index in [1.54, 1.807) is 7.05 Å². The van der Waals surface area contributed by atoms with Gasteiger partial charge in [0.1, 0.15) is 0 Å². The van der Waals surface area contributed by atoms with Crippen LogP contribution < -0.4 is 5.32 Å². The van der Waals surface area contributed by atoms with Gasteiger partial charge in [0.15, 0.2) is 0 Å². The topological polar surface area (TPSA) is 12.0 Å². The average molecular weight is 197 g/mol. The van der Waals surface area contributed by atoms with E-state index in [9.17, 15) is 13.2 Å². The molecule has 0 bridgehead atoms. The van der Waals surface area contributed by atoms with E-state index in [0.717, 1.165) is 6.42 Å². The first-order valence-electron chi connectivity index (χ1n) is 4.59. The first-order chi connectivity index (χ1) is 5.85. The van der Waals surface area contributed by atoms with Crippen molar-refractivity contribution < 1.29 is 13.2 Å². The fraction of sp³-hybridized carbons (Fsp3) is 1.00. The summed E-state index contributed by atoms with van der Waals surface area (Å²) in [6.07, 6.45) is -3.35. The molecule has 0 aliphatic rings. The lowest BCUT2D eigenvalue weighted by Crippen LogP contribution is -2.31. The maximum atomic E-state index is 12.0. The molecule has 0 aromatic carbocycles. The van der Waals surface area contributed by atoms with Gasteiger partial charge in [-0.2, -0.15) is 13.2 Å². The summed E-state index contributed by atoms with van der Waals surface area (Å²) >= 11 is 0. The summed E-state index contributed by atoms with van der Waals surface area (Å²) in [4.78, 5) is 0. The molecule has 0 radical (unpaired) electrons. The Balaban J connectivity index is 3.76. The molecule has 0 spiro atoms. The molecule has 4 heteroatoms. The molecule has 0 aromatic rings. The van der Waals surface area contributed by atoms with Crippen molar-refractivity contribution in [2.45, 2.75) is 45.3 Å². The van der Waals surface area contributed by atoms with Crippen LogP contribution in [0, 0.1) is 5.92 Å². The van der Waals surface area contributed by atoms with E-state index in [1.165, 1.54) is 0 Å². The third-order valence-electron chi connectivity index (χ3n) is 1.98. The fourth-order valence-electron chi connectivity index (χ4n) is 1.16. The second-order valence-electron chi connectivity index (χ2n) is 3.78. The molecule has 0 aliphatic heterocycles. The second kappa shape index (κ2) is 5.47. The molecule has 1 nitrogen and oxygen atoms in total. The van der Waals surface area contributed by atoms with Crippen LogP contribution in [0.25, 0.3) is 0 Å². The van der Waals surface area contributed by atoms with Gasteiger partial charge in [-0.3, -0.25) is 0 Å². The molecule has 0 fully saturated rings. The zero-order chi connectivity index (χ0) is 10.5. The Kier molecular flexibility index (Phi) is 5.37. The van der Waals surface area contributed by atoms with Crippen molar-refractivity contribution in [2.24, 2.45) is 5.92 Å². The van der Waals surface area contributed by atoms with Crippen LogP contribution in [0.2, 0.25) is 0 Å². The van der Waals surface area contributed by atoms with Gasteiger partial charge >= 0.3 is 6.18 Å². The molecule has 1 unspecified atom stereocenters. The summed E-state index contributed by atoms with van der Waals surface area (Å²) in [5.41, 5.74) is 0. The number of halogens is 3. The standard InChI is InChI=1S/C9H18F3N/c1-7(2)4-5-8(13-3)6-9(10,11)12/h7-8,13H,4-6H2,1-3H3. The molecular formula is C9H18F3N. The first kappa shape index (κ1) is 12.8. The molecule has 0 heterocycles. The summed E-state index contributed by atoms with van der Waals surface area (Å²) < 4.78 is 35.9. The van der Waals surface area contributed by atoms with Crippen molar-refractivity contribution in [1.82, 2.24) is 5.32 Å². The highest BCUT2D eigenvalue weighted by molar-refractivity contribution is 4.69. The third-order valence-corrected chi connectivity index (χ3v) is 1.98. The molecule has 0 amide bonds. The number of rotatable bonds is 5. The first-order valence-corrected chi connectivity index (χ1v) is 4.59. The van der Waals surface area contributed by atoms with Crippen LogP contribution in [0.5, 0.6) is 0 Å². The molecule has 0 aromatic heterocycles. The Morgan fingerprint density at radius 3 is 2.00 bits per heavy atom. The van der Waals surface area contributed by atoms with E-state index < -0.39 is 18.6 Å². The van der Waals surface area contributed by atoms with Crippen LogP contribution in [0.1, 0.15) is 33.1 Å². The van der Waals surface area contributed by atoms with Gasteiger partial charge < -0.3 is 5.32 Å². The van der Waals surface area contributed by atoms with E-state index >= 15 is 0 Å². The quantitative estimate of drug-likeness (QED) is 0.714. The Labute approximate surface area is 77.7 Å². The lowest BCUT2D eigenvalue weighted by Gasteiger charge is -2.18. The van der Waals surface area contributed by atoms with Crippen LogP contribution in [0.4, 0.5) is 13.2 Å². The van der Waals surface area contributed by atoms with Crippen LogP contribution in [-0.4, -0.2) is 19.3 Å². The van der Waals surface area contributed by atoms with Gasteiger partial charge in [0.2, 0.25) is 0 Å². The van der Waals surface area contributed by atoms with Gasteiger partial charge in [-0.15, -0.1) is 0 Å². The monoisotopic (exact) mass is 197 g/mol. The Hall–Kier alpha value is -0.250. The molecule has 80 valence electrons. The van der Waals surface area contributed by atoms with Crippen LogP contribution in [0.15, 0.2) is 0 Å². The summed E-state index contributed by atoms with van der Waals surface area (Å²) in [5, 5.41) is 2.69. The summed E-state index contributed by atoms with van der Waals surface area (Å²) in [7, 11) is 1.58. The highest BCUT2D eigenvalue weighted by atomic mass is 19.4. The normalized spacial score (nSPS) is 15.0. The van der Waals surface area contributed by atoms with E-state index in [0.29, 0.717) is 12.3 Å². The molecule has 0 aliphatic carbocycles. The van der Waals surface area contributed by atoms with Gasteiger partial charge in [-0.25, -0.2) is 0 Å². The third kappa shape index (κ3) is 8.09. The minimum absolute atomic E-state index is 0.428. The fourth-order valence-corrected chi connectivity index (χ4v) is 1.16. The van der Waals surface area contributed by atoms with Crippen LogP contribution in [0.3, 0.4) is 0 Å². The van der Waals surface area contributed by atoms with Crippen molar-refractivity contribution >= 4 is 0 Å². The Bertz CT molecular complexity index is 131. The van der Waals surface area contributed by atoms with Crippen molar-refractivity contribution in [3.05, 3.63) is 0 Å². The number of hydrogen-bond donors (Lipinski definition) is 1. The maximum absolute atomic E-state index is 12.0. The SMILES string of the molecule is CNC(CCC(C)C)CC(F)(F)F. The highest BCUT2D eigenvalue weighted by Crippen LogP contribution is 2.23. The molecule has 1 atom stereocenters. The largest absolute Gasteiger partial charge is 0.390 e. The predicted octanol–water partition coefficient (Wildman–Crippen LogP) is 2.96. The van der Waals surface area contributed by atoms with Gasteiger partial charge in [0, 0.05) is 6.04 Å². The second-order valence-corrected chi connectivity index (χ2v) is 3.78. The maximum Gasteiger partial charge on any atom is 0.390 e. The molecular weight excluding hydrogens is 179 g/mol. The van der Waals surface area contributed by atoms with E-state index in [4.69, 9.17) is 0 Å². The van der Waals surface area contributed by atoms with Crippen molar-refractivity contribution in [2.75, 3.05) is 7.05 Å². The van der Waals surface area contributed by atoms with Crippen LogP contribution >= 0.6 is 0 Å². The summed E-state index contributed by atoms with van der Waals surface area (Å²) in [6, 6.07) is -0.428. The number of hydrogen-bond acceptors (Lipinski definition) is 1. The molecule has 13 heavy (non-hydrogen) atoms. The van der Waals surface area contributed by atoms with Crippen molar-refractivity contribution in [3.8, 4) is 0 Å². The summed E-state index contributed by atoms with van der Waals surface area (Å²) in [6.45, 7) is 4.03. The Morgan fingerprint density at radius 1 is 1.15 bits per heavy atom. The van der Waals surface area contributed by atoms with Crippen molar-refractivity contribution in [1.29, 1.82) is 0 Å². The van der Waals surface area contributed by atoms with E-state index in [1.807, 2.05) is 13.8 Å². The van der Waals surface area contributed by atoms with Gasteiger partial charge in [0.25, 0.3) is 0 Å². The molecule has 0 saturated carbocycles. The van der Waals surface area contributed by atoms with Crippen molar-refractivity contribution in [3.63, 3.8) is 0 Å². The predicted molar refractivity (Wildman–Crippen MR) is 47.6 cm³/mol. The van der Waals surface area contributed by atoms with E-state index in [-0.39, 0.29) is 0 Å². The minimum Gasteiger partial charge on any atom is -0.317 e. The van der Waals surface area contributed by atoms with Gasteiger partial charge in [-0.05, 0) is 25.8 Å². The lowest BCUT2D eigenvalue weighted by atomic mass is 10.0. The zero-order valence-electron chi connectivity index (χ0n) is 8.41. The van der Waals surface area contributed by atoms with E-state index in [2.05, 4.69) is 5.32 Å². The Morgan fingerprint density at radius 2 is 1.69 bits per heavy atom. The van der Waals surface area contributed by atoms with Gasteiger partial charge in [0.05, 0.1) is 6.42 Å². The molecule has 1 N–H and O–H groups in total. The zero-order valence-corrected chi connectivity index (χ0v) is 8.41.